The first-order valence-corrected chi connectivity index (χ1v) is 10.4. The van der Waals surface area contributed by atoms with E-state index in [1.807, 2.05) is 20.8 Å². The summed E-state index contributed by atoms with van der Waals surface area (Å²) in [5.41, 5.74) is 0.754. The molecule has 0 N–H and O–H groups in total. The van der Waals surface area contributed by atoms with Gasteiger partial charge in [-0.3, -0.25) is 0 Å². The third kappa shape index (κ3) is 4.66. The standard InChI is InChI=1S/C20H24FNO4S/c1-14(2)25-18-8-10-19(11-9-18)27(23,24)22-12-15(3)26-20(13-22)16-4-6-17(21)7-5-16/h4-11,14-15,20H,12-13H2,1-3H3. The normalized spacial score (nSPS) is 21.4. The maximum absolute atomic E-state index is 13.2. The number of sulfonamides is 1. The Hall–Kier alpha value is -1.96. The molecule has 0 saturated carbocycles. The number of benzene rings is 2. The molecule has 3 rings (SSSR count). The van der Waals surface area contributed by atoms with Crippen LogP contribution in [0.1, 0.15) is 32.4 Å². The van der Waals surface area contributed by atoms with Crippen molar-refractivity contribution in [1.29, 1.82) is 0 Å². The van der Waals surface area contributed by atoms with E-state index in [2.05, 4.69) is 0 Å². The van der Waals surface area contributed by atoms with Gasteiger partial charge in [-0.15, -0.1) is 0 Å². The lowest BCUT2D eigenvalue weighted by Gasteiger charge is -2.36. The topological polar surface area (TPSA) is 55.8 Å². The molecule has 1 saturated heterocycles. The third-order valence-electron chi connectivity index (χ3n) is 4.30. The molecule has 2 aromatic carbocycles. The highest BCUT2D eigenvalue weighted by atomic mass is 32.2. The molecule has 1 aliphatic rings. The number of ether oxygens (including phenoxy) is 2. The number of hydrogen-bond donors (Lipinski definition) is 0. The molecular weight excluding hydrogens is 369 g/mol. The number of hydrogen-bond acceptors (Lipinski definition) is 4. The molecule has 0 amide bonds. The summed E-state index contributed by atoms with van der Waals surface area (Å²) in [4.78, 5) is 0.213. The second-order valence-electron chi connectivity index (χ2n) is 6.95. The maximum Gasteiger partial charge on any atom is 0.243 e. The van der Waals surface area contributed by atoms with Gasteiger partial charge in [0.1, 0.15) is 11.6 Å². The second-order valence-corrected chi connectivity index (χ2v) is 8.88. The van der Waals surface area contributed by atoms with Gasteiger partial charge in [0.2, 0.25) is 10.0 Å². The van der Waals surface area contributed by atoms with Gasteiger partial charge in [-0.05, 0) is 62.7 Å². The van der Waals surface area contributed by atoms with Gasteiger partial charge in [0, 0.05) is 13.1 Å². The predicted molar refractivity (Wildman–Crippen MR) is 101 cm³/mol. The average Bonchev–Trinajstić information content (AvgIpc) is 2.62. The van der Waals surface area contributed by atoms with Crippen molar-refractivity contribution in [3.63, 3.8) is 0 Å². The van der Waals surface area contributed by atoms with Crippen LogP contribution in [0.5, 0.6) is 5.75 Å². The van der Waals surface area contributed by atoms with Crippen molar-refractivity contribution >= 4 is 10.0 Å². The molecule has 2 unspecified atom stereocenters. The highest BCUT2D eigenvalue weighted by Gasteiger charge is 2.34. The van der Waals surface area contributed by atoms with E-state index in [1.54, 1.807) is 36.4 Å². The third-order valence-corrected chi connectivity index (χ3v) is 6.15. The zero-order chi connectivity index (χ0) is 19.6. The molecule has 7 heteroatoms. The largest absolute Gasteiger partial charge is 0.491 e. The fraction of sp³-hybridized carbons (Fsp3) is 0.400. The summed E-state index contributed by atoms with van der Waals surface area (Å²) in [6, 6.07) is 12.4. The second kappa shape index (κ2) is 7.96. The SMILES string of the molecule is CC(C)Oc1ccc(S(=O)(=O)N2CC(C)OC(c3ccc(F)cc3)C2)cc1. The van der Waals surface area contributed by atoms with E-state index in [4.69, 9.17) is 9.47 Å². The highest BCUT2D eigenvalue weighted by molar-refractivity contribution is 7.89. The van der Waals surface area contributed by atoms with Crippen molar-refractivity contribution in [2.75, 3.05) is 13.1 Å². The number of nitrogens with zero attached hydrogens (tertiary/aromatic N) is 1. The van der Waals surface area contributed by atoms with Gasteiger partial charge in [0.05, 0.1) is 23.2 Å². The van der Waals surface area contributed by atoms with E-state index in [0.29, 0.717) is 5.75 Å². The lowest BCUT2D eigenvalue weighted by atomic mass is 10.1. The van der Waals surface area contributed by atoms with E-state index in [9.17, 15) is 12.8 Å². The van der Waals surface area contributed by atoms with Gasteiger partial charge in [0.15, 0.2) is 0 Å². The Kier molecular flexibility index (Phi) is 5.83. The Morgan fingerprint density at radius 2 is 1.70 bits per heavy atom. The molecule has 0 bridgehead atoms. The van der Waals surface area contributed by atoms with E-state index in [0.717, 1.165) is 5.56 Å². The molecule has 0 aliphatic carbocycles. The Labute approximate surface area is 159 Å². The van der Waals surface area contributed by atoms with Crippen molar-refractivity contribution < 1.29 is 22.3 Å². The summed E-state index contributed by atoms with van der Waals surface area (Å²) in [6.07, 6.45) is -0.691. The highest BCUT2D eigenvalue weighted by Crippen LogP contribution is 2.29. The monoisotopic (exact) mass is 393 g/mol. The molecule has 1 aliphatic heterocycles. The minimum absolute atomic E-state index is 0.0176. The lowest BCUT2D eigenvalue weighted by molar-refractivity contribution is -0.0557. The Bertz CT molecular complexity index is 866. The predicted octanol–water partition coefficient (Wildman–Crippen LogP) is 3.76. The van der Waals surface area contributed by atoms with Crippen LogP contribution in [0.15, 0.2) is 53.4 Å². The van der Waals surface area contributed by atoms with Crippen LogP contribution in [0.25, 0.3) is 0 Å². The zero-order valence-corrected chi connectivity index (χ0v) is 16.4. The molecule has 2 atom stereocenters. The number of halogens is 1. The van der Waals surface area contributed by atoms with Crippen LogP contribution in [0.2, 0.25) is 0 Å². The molecule has 0 aromatic heterocycles. The molecule has 1 heterocycles. The zero-order valence-electron chi connectivity index (χ0n) is 15.6. The van der Waals surface area contributed by atoms with E-state index in [1.165, 1.54) is 16.4 Å². The first-order chi connectivity index (χ1) is 12.8. The van der Waals surface area contributed by atoms with Crippen LogP contribution in [0.3, 0.4) is 0 Å². The van der Waals surface area contributed by atoms with Gasteiger partial charge in [0.25, 0.3) is 0 Å². The smallest absolute Gasteiger partial charge is 0.243 e. The molecule has 27 heavy (non-hydrogen) atoms. The first kappa shape index (κ1) is 19.8. The Morgan fingerprint density at radius 3 is 2.30 bits per heavy atom. The van der Waals surface area contributed by atoms with E-state index < -0.39 is 16.1 Å². The van der Waals surface area contributed by atoms with Crippen molar-refractivity contribution in [2.24, 2.45) is 0 Å². The van der Waals surface area contributed by atoms with E-state index >= 15 is 0 Å². The van der Waals surface area contributed by atoms with Gasteiger partial charge in [-0.1, -0.05) is 12.1 Å². The summed E-state index contributed by atoms with van der Waals surface area (Å²) in [5.74, 6) is 0.291. The maximum atomic E-state index is 13.2. The molecule has 0 radical (unpaired) electrons. The van der Waals surface area contributed by atoms with Gasteiger partial charge >= 0.3 is 0 Å². The van der Waals surface area contributed by atoms with Crippen molar-refractivity contribution in [1.82, 2.24) is 4.31 Å². The minimum Gasteiger partial charge on any atom is -0.491 e. The van der Waals surface area contributed by atoms with Crippen LogP contribution in [0, 0.1) is 5.82 Å². The summed E-state index contributed by atoms with van der Waals surface area (Å²) in [6.45, 7) is 6.11. The Morgan fingerprint density at radius 1 is 1.07 bits per heavy atom. The Balaban J connectivity index is 1.81. The molecule has 1 fully saturated rings. The number of morpholine rings is 1. The fourth-order valence-corrected chi connectivity index (χ4v) is 4.60. The summed E-state index contributed by atoms with van der Waals surface area (Å²) in [5, 5.41) is 0. The molecule has 0 spiro atoms. The van der Waals surface area contributed by atoms with Gasteiger partial charge < -0.3 is 9.47 Å². The molecule has 2 aromatic rings. The first-order valence-electron chi connectivity index (χ1n) is 8.93. The molecular formula is C20H24FNO4S. The van der Waals surface area contributed by atoms with Crippen LogP contribution in [-0.2, 0) is 14.8 Å². The fourth-order valence-electron chi connectivity index (χ4n) is 3.08. The average molecular weight is 393 g/mol. The summed E-state index contributed by atoms with van der Waals surface area (Å²) in [7, 11) is -3.67. The lowest BCUT2D eigenvalue weighted by Crippen LogP contribution is -2.45. The van der Waals surface area contributed by atoms with Crippen LogP contribution >= 0.6 is 0 Å². The van der Waals surface area contributed by atoms with Crippen molar-refractivity contribution in [3.05, 3.63) is 59.9 Å². The van der Waals surface area contributed by atoms with Crippen molar-refractivity contribution in [3.8, 4) is 5.75 Å². The quantitative estimate of drug-likeness (QED) is 0.776. The van der Waals surface area contributed by atoms with Crippen LogP contribution in [0.4, 0.5) is 4.39 Å². The number of rotatable bonds is 5. The van der Waals surface area contributed by atoms with Crippen LogP contribution < -0.4 is 4.74 Å². The summed E-state index contributed by atoms with van der Waals surface area (Å²) >= 11 is 0. The van der Waals surface area contributed by atoms with Gasteiger partial charge in [-0.2, -0.15) is 4.31 Å². The summed E-state index contributed by atoms with van der Waals surface area (Å²) < 4.78 is 52.2. The minimum atomic E-state index is -3.67. The molecule has 5 nitrogen and oxygen atoms in total. The van der Waals surface area contributed by atoms with Crippen molar-refractivity contribution in [2.45, 2.75) is 44.0 Å². The van der Waals surface area contributed by atoms with Gasteiger partial charge in [-0.25, -0.2) is 12.8 Å². The van der Waals surface area contributed by atoms with E-state index in [-0.39, 0.29) is 36.0 Å². The molecule has 146 valence electrons. The van der Waals surface area contributed by atoms with Crippen LogP contribution in [-0.4, -0.2) is 38.0 Å².